The number of carbonyl (C=O) groups is 1. The summed E-state index contributed by atoms with van der Waals surface area (Å²) >= 11 is 0. The van der Waals surface area contributed by atoms with E-state index in [4.69, 9.17) is 0 Å². The Hall–Kier alpha value is -2.96. The first-order valence-corrected chi connectivity index (χ1v) is 16.1. The molecule has 3 aliphatic rings. The van der Waals surface area contributed by atoms with E-state index in [1.165, 1.54) is 0 Å². The Kier molecular flexibility index (Phi) is 7.11. The van der Waals surface area contributed by atoms with Crippen LogP contribution in [0.3, 0.4) is 0 Å². The van der Waals surface area contributed by atoms with Gasteiger partial charge in [-0.1, -0.05) is 80.1 Å². The van der Waals surface area contributed by atoms with Gasteiger partial charge >= 0.3 is 0 Å². The summed E-state index contributed by atoms with van der Waals surface area (Å²) in [6, 6.07) is 24.4. The molecule has 0 N–H and O–H groups in total. The van der Waals surface area contributed by atoms with Gasteiger partial charge in [-0.2, -0.15) is 0 Å². The molecule has 0 aromatic heterocycles. The van der Waals surface area contributed by atoms with Gasteiger partial charge in [0.05, 0.1) is 5.75 Å². The summed E-state index contributed by atoms with van der Waals surface area (Å²) < 4.78 is 27.3. The summed E-state index contributed by atoms with van der Waals surface area (Å²) in [7, 11) is -3.42. The molecule has 2 aliphatic heterocycles. The lowest BCUT2D eigenvalue weighted by Crippen LogP contribution is -2.38. The van der Waals surface area contributed by atoms with E-state index >= 15 is 0 Å². The molecule has 5 nitrogen and oxygen atoms in total. The van der Waals surface area contributed by atoms with Crippen molar-refractivity contribution in [2.45, 2.75) is 62.8 Å². The molecule has 1 atom stereocenters. The molecule has 1 fully saturated rings. The third kappa shape index (κ3) is 4.42. The number of fused-ring (bicyclic) bond motifs is 4. The highest BCUT2D eigenvalue weighted by atomic mass is 32.2. The molecule has 2 heterocycles. The van der Waals surface area contributed by atoms with Crippen LogP contribution in [0.15, 0.2) is 72.8 Å². The highest BCUT2D eigenvalue weighted by Gasteiger charge is 2.51. The Morgan fingerprint density at radius 1 is 0.846 bits per heavy atom. The van der Waals surface area contributed by atoms with E-state index in [2.05, 4.69) is 30.0 Å². The Bertz CT molecular complexity index is 1440. The molecule has 0 bridgehead atoms. The minimum absolute atomic E-state index is 0.162. The molecule has 0 radical (unpaired) electrons. The van der Waals surface area contributed by atoms with Gasteiger partial charge in [0.25, 0.3) is 5.91 Å². The van der Waals surface area contributed by atoms with Gasteiger partial charge in [0.1, 0.15) is 4.75 Å². The van der Waals surface area contributed by atoms with Crippen LogP contribution < -0.4 is 0 Å². The first-order chi connectivity index (χ1) is 19.0. The van der Waals surface area contributed by atoms with Gasteiger partial charge in [-0.3, -0.25) is 4.79 Å². The van der Waals surface area contributed by atoms with Crippen LogP contribution in [0.1, 0.15) is 72.5 Å². The molecular formula is C33H38N2O3S. The zero-order valence-electron chi connectivity index (χ0n) is 22.8. The predicted octanol–water partition coefficient (Wildman–Crippen LogP) is 6.03. The summed E-state index contributed by atoms with van der Waals surface area (Å²) in [5.74, 6) is 0.377. The largest absolute Gasteiger partial charge is 0.330 e. The Balaban J connectivity index is 1.15. The van der Waals surface area contributed by atoms with Crippen molar-refractivity contribution < 1.29 is 13.2 Å². The molecule has 3 aromatic rings. The standard InChI is InChI=1S/C33H38N2O3S/c1-2-3-22-39(37,38)33(30-16-8-6-14-28(30)29-15-7-9-17-31(29)33)19-10-11-20-34-21-18-26(24-34)35-23-25-12-4-5-13-27(25)32(35)36/h4-9,12-17,26H,2-3,10-11,18-24H2,1H3. The van der Waals surface area contributed by atoms with E-state index in [0.717, 1.165) is 78.7 Å². The quantitative estimate of drug-likeness (QED) is 0.294. The number of benzene rings is 3. The molecular weight excluding hydrogens is 504 g/mol. The van der Waals surface area contributed by atoms with E-state index in [1.807, 2.05) is 59.5 Å². The maximum atomic E-state index is 14.2. The topological polar surface area (TPSA) is 57.7 Å². The zero-order chi connectivity index (χ0) is 27.0. The Labute approximate surface area is 232 Å². The Morgan fingerprint density at radius 2 is 1.49 bits per heavy atom. The molecule has 0 spiro atoms. The van der Waals surface area contributed by atoms with E-state index in [-0.39, 0.29) is 17.7 Å². The molecule has 6 rings (SSSR count). The van der Waals surface area contributed by atoms with Crippen molar-refractivity contribution in [3.63, 3.8) is 0 Å². The molecule has 1 amide bonds. The Morgan fingerprint density at radius 3 is 2.15 bits per heavy atom. The summed E-state index contributed by atoms with van der Waals surface area (Å²) in [4.78, 5) is 17.5. The number of unbranched alkanes of at least 4 members (excludes halogenated alkanes) is 2. The number of hydrogen-bond donors (Lipinski definition) is 0. The number of sulfone groups is 1. The highest BCUT2D eigenvalue weighted by molar-refractivity contribution is 7.92. The van der Waals surface area contributed by atoms with Crippen LogP contribution in [0.4, 0.5) is 0 Å². The van der Waals surface area contributed by atoms with E-state index in [9.17, 15) is 13.2 Å². The van der Waals surface area contributed by atoms with Crippen LogP contribution >= 0.6 is 0 Å². The molecule has 39 heavy (non-hydrogen) atoms. The summed E-state index contributed by atoms with van der Waals surface area (Å²) in [6.07, 6.45) is 4.92. The number of carbonyl (C=O) groups excluding carboxylic acids is 1. The van der Waals surface area contributed by atoms with Crippen LogP contribution in [0.2, 0.25) is 0 Å². The molecule has 6 heteroatoms. The lowest BCUT2D eigenvalue weighted by molar-refractivity contribution is 0.0707. The van der Waals surface area contributed by atoms with E-state index < -0.39 is 14.6 Å². The summed E-state index contributed by atoms with van der Waals surface area (Å²) in [5, 5.41) is 0. The van der Waals surface area contributed by atoms with Crippen molar-refractivity contribution in [3.8, 4) is 11.1 Å². The SMILES string of the molecule is CCCCS(=O)(=O)C1(CCCCN2CCC(N3Cc4ccccc4C3=O)C2)c2ccccc2-c2ccccc21. The maximum absolute atomic E-state index is 14.2. The first-order valence-electron chi connectivity index (χ1n) is 14.5. The zero-order valence-corrected chi connectivity index (χ0v) is 23.6. The van der Waals surface area contributed by atoms with Gasteiger partial charge in [-0.15, -0.1) is 0 Å². The number of rotatable bonds is 10. The average molecular weight is 543 g/mol. The number of likely N-dealkylation sites (tertiary alicyclic amines) is 1. The van der Waals surface area contributed by atoms with Crippen molar-refractivity contribution in [1.82, 2.24) is 9.80 Å². The van der Waals surface area contributed by atoms with Gasteiger partial charge in [-0.25, -0.2) is 8.42 Å². The highest BCUT2D eigenvalue weighted by Crippen LogP contribution is 2.54. The molecule has 204 valence electrons. The minimum Gasteiger partial charge on any atom is -0.330 e. The fraction of sp³-hybridized carbons (Fsp3) is 0.424. The summed E-state index contributed by atoms with van der Waals surface area (Å²) in [6.45, 7) is 5.57. The fourth-order valence-electron chi connectivity index (χ4n) is 7.10. The molecule has 3 aromatic carbocycles. The third-order valence-corrected chi connectivity index (χ3v) is 11.6. The second-order valence-electron chi connectivity index (χ2n) is 11.4. The first kappa shape index (κ1) is 26.3. The fourth-order valence-corrected chi connectivity index (χ4v) is 9.60. The monoisotopic (exact) mass is 542 g/mol. The van der Waals surface area contributed by atoms with E-state index in [1.54, 1.807) is 0 Å². The maximum Gasteiger partial charge on any atom is 0.254 e. The average Bonchev–Trinajstić information content (AvgIpc) is 3.64. The smallest absolute Gasteiger partial charge is 0.254 e. The minimum atomic E-state index is -3.42. The number of amides is 1. The second kappa shape index (κ2) is 10.5. The van der Waals surface area contributed by atoms with Gasteiger partial charge in [0, 0.05) is 31.2 Å². The van der Waals surface area contributed by atoms with Crippen molar-refractivity contribution in [2.24, 2.45) is 0 Å². The normalized spacial score (nSPS) is 19.8. The van der Waals surface area contributed by atoms with Gasteiger partial charge in [0.2, 0.25) is 0 Å². The second-order valence-corrected chi connectivity index (χ2v) is 13.7. The molecule has 1 unspecified atom stereocenters. The predicted molar refractivity (Wildman–Crippen MR) is 156 cm³/mol. The molecule has 1 saturated heterocycles. The number of hydrogen-bond acceptors (Lipinski definition) is 4. The van der Waals surface area contributed by atoms with Crippen LogP contribution in [-0.4, -0.2) is 55.6 Å². The molecule has 0 saturated carbocycles. The van der Waals surface area contributed by atoms with Crippen LogP contribution in [0.25, 0.3) is 11.1 Å². The van der Waals surface area contributed by atoms with Gasteiger partial charge in [0.15, 0.2) is 9.84 Å². The summed E-state index contributed by atoms with van der Waals surface area (Å²) in [5.41, 5.74) is 6.01. The lowest BCUT2D eigenvalue weighted by atomic mass is 9.90. The van der Waals surface area contributed by atoms with E-state index in [0.29, 0.717) is 19.4 Å². The van der Waals surface area contributed by atoms with Crippen LogP contribution in [0.5, 0.6) is 0 Å². The lowest BCUT2D eigenvalue weighted by Gasteiger charge is -2.32. The van der Waals surface area contributed by atoms with Crippen molar-refractivity contribution in [1.29, 1.82) is 0 Å². The van der Waals surface area contributed by atoms with Crippen LogP contribution in [-0.2, 0) is 21.1 Å². The van der Waals surface area contributed by atoms with Crippen LogP contribution in [0, 0.1) is 0 Å². The van der Waals surface area contributed by atoms with Crippen molar-refractivity contribution in [2.75, 3.05) is 25.4 Å². The van der Waals surface area contributed by atoms with Gasteiger partial charge in [-0.05, 0) is 72.5 Å². The van der Waals surface area contributed by atoms with Gasteiger partial charge < -0.3 is 9.80 Å². The third-order valence-electron chi connectivity index (χ3n) is 9.10. The number of nitrogens with zero attached hydrogens (tertiary/aromatic N) is 2. The van der Waals surface area contributed by atoms with Crippen molar-refractivity contribution in [3.05, 3.63) is 95.1 Å². The van der Waals surface area contributed by atoms with Crippen molar-refractivity contribution >= 4 is 15.7 Å². The molecule has 1 aliphatic carbocycles.